The fraction of sp³-hybridized carbons (Fsp3) is 0.417. The number of benzene rings is 1. The van der Waals surface area contributed by atoms with Crippen molar-refractivity contribution >= 4 is 11.6 Å². The molecule has 80 valence electrons. The van der Waals surface area contributed by atoms with Crippen LogP contribution in [-0.2, 0) is 4.74 Å². The van der Waals surface area contributed by atoms with Crippen LogP contribution < -0.4 is 0 Å². The first-order chi connectivity index (χ1) is 7.27. The molecular weight excluding hydrogens is 210 g/mol. The van der Waals surface area contributed by atoms with Gasteiger partial charge in [-0.25, -0.2) is 0 Å². The molecule has 0 N–H and O–H groups in total. The monoisotopic (exact) mass is 223 g/mol. The number of rotatable bonds is 5. The van der Waals surface area contributed by atoms with E-state index in [4.69, 9.17) is 21.6 Å². The Morgan fingerprint density at radius 3 is 2.60 bits per heavy atom. The van der Waals surface area contributed by atoms with E-state index >= 15 is 0 Å². The Morgan fingerprint density at radius 1 is 1.40 bits per heavy atom. The second-order valence-electron chi connectivity index (χ2n) is 3.19. The Balaban J connectivity index is 2.70. The average molecular weight is 224 g/mol. The molecule has 0 aliphatic rings. The number of nitriles is 1. The van der Waals surface area contributed by atoms with Crippen LogP contribution in [0.15, 0.2) is 24.3 Å². The van der Waals surface area contributed by atoms with Crippen molar-refractivity contribution in [3.63, 3.8) is 0 Å². The molecule has 15 heavy (non-hydrogen) atoms. The van der Waals surface area contributed by atoms with Gasteiger partial charge >= 0.3 is 0 Å². The highest BCUT2D eigenvalue weighted by atomic mass is 35.5. The highest BCUT2D eigenvalue weighted by Gasteiger charge is 2.10. The van der Waals surface area contributed by atoms with E-state index in [2.05, 4.69) is 6.07 Å². The molecule has 3 heteroatoms. The standard InChI is InChI=1S/C12H14ClNO/c1-2-15-12(4-3-9-14)10-5-7-11(13)8-6-10/h5-8,12H,2-4H2,1H3/t12-/m0/s1. The maximum atomic E-state index is 8.55. The van der Waals surface area contributed by atoms with Gasteiger partial charge in [0.25, 0.3) is 0 Å². The van der Waals surface area contributed by atoms with Crippen LogP contribution in [0.5, 0.6) is 0 Å². The lowest BCUT2D eigenvalue weighted by Crippen LogP contribution is -2.03. The minimum absolute atomic E-state index is 0.00640. The lowest BCUT2D eigenvalue weighted by molar-refractivity contribution is 0.0572. The van der Waals surface area contributed by atoms with E-state index in [-0.39, 0.29) is 6.10 Å². The fourth-order valence-electron chi connectivity index (χ4n) is 1.42. The van der Waals surface area contributed by atoms with E-state index in [0.717, 1.165) is 12.0 Å². The summed E-state index contributed by atoms with van der Waals surface area (Å²) < 4.78 is 5.58. The summed E-state index contributed by atoms with van der Waals surface area (Å²) in [6, 6.07) is 9.71. The van der Waals surface area contributed by atoms with Crippen molar-refractivity contribution in [3.05, 3.63) is 34.9 Å². The van der Waals surface area contributed by atoms with E-state index < -0.39 is 0 Å². The molecule has 0 heterocycles. The van der Waals surface area contributed by atoms with Crippen LogP contribution >= 0.6 is 11.6 Å². The smallest absolute Gasteiger partial charge is 0.0834 e. The SMILES string of the molecule is CCO[C@@H](CCC#N)c1ccc(Cl)cc1. The maximum absolute atomic E-state index is 8.55. The van der Waals surface area contributed by atoms with Crippen LogP contribution in [0.3, 0.4) is 0 Å². The Labute approximate surface area is 95.4 Å². The Bertz CT molecular complexity index is 328. The molecule has 0 aliphatic heterocycles. The molecule has 1 aromatic rings. The van der Waals surface area contributed by atoms with E-state index in [9.17, 15) is 0 Å². The van der Waals surface area contributed by atoms with Crippen LogP contribution in [0, 0.1) is 11.3 Å². The summed E-state index contributed by atoms with van der Waals surface area (Å²) in [5, 5.41) is 9.26. The molecule has 0 amide bonds. The summed E-state index contributed by atoms with van der Waals surface area (Å²) in [5.41, 5.74) is 1.08. The Kier molecular flexibility index (Phi) is 5.17. The van der Waals surface area contributed by atoms with Gasteiger partial charge in [0.15, 0.2) is 0 Å². The van der Waals surface area contributed by atoms with Crippen molar-refractivity contribution in [2.24, 2.45) is 0 Å². The summed E-state index contributed by atoms with van der Waals surface area (Å²) in [6.45, 7) is 2.61. The van der Waals surface area contributed by atoms with E-state index in [1.807, 2.05) is 31.2 Å². The summed E-state index contributed by atoms with van der Waals surface area (Å²) in [6.07, 6.45) is 1.24. The second kappa shape index (κ2) is 6.44. The van der Waals surface area contributed by atoms with E-state index in [1.165, 1.54) is 0 Å². The van der Waals surface area contributed by atoms with Gasteiger partial charge in [0.1, 0.15) is 0 Å². The summed E-state index contributed by atoms with van der Waals surface area (Å²) >= 11 is 5.80. The van der Waals surface area contributed by atoms with Crippen LogP contribution in [0.1, 0.15) is 31.4 Å². The van der Waals surface area contributed by atoms with Crippen molar-refractivity contribution in [2.45, 2.75) is 25.9 Å². The van der Waals surface area contributed by atoms with Crippen molar-refractivity contribution < 1.29 is 4.74 Å². The first kappa shape index (κ1) is 12.0. The molecule has 0 bridgehead atoms. The van der Waals surface area contributed by atoms with Gasteiger partial charge in [-0.15, -0.1) is 0 Å². The van der Waals surface area contributed by atoms with Crippen molar-refractivity contribution in [2.75, 3.05) is 6.61 Å². The van der Waals surface area contributed by atoms with Gasteiger partial charge in [-0.1, -0.05) is 23.7 Å². The zero-order valence-electron chi connectivity index (χ0n) is 8.74. The molecule has 1 rings (SSSR count). The second-order valence-corrected chi connectivity index (χ2v) is 3.63. The molecule has 2 nitrogen and oxygen atoms in total. The van der Waals surface area contributed by atoms with E-state index in [0.29, 0.717) is 18.1 Å². The summed E-state index contributed by atoms with van der Waals surface area (Å²) in [7, 11) is 0. The third-order valence-corrected chi connectivity index (χ3v) is 2.38. The zero-order valence-corrected chi connectivity index (χ0v) is 9.50. The lowest BCUT2D eigenvalue weighted by Gasteiger charge is -2.15. The van der Waals surface area contributed by atoms with Gasteiger partial charge in [-0.05, 0) is 31.0 Å². The highest BCUT2D eigenvalue weighted by Crippen LogP contribution is 2.23. The molecule has 0 fully saturated rings. The third kappa shape index (κ3) is 3.91. The highest BCUT2D eigenvalue weighted by molar-refractivity contribution is 6.30. The van der Waals surface area contributed by atoms with Crippen LogP contribution in [0.25, 0.3) is 0 Å². The Morgan fingerprint density at radius 2 is 2.07 bits per heavy atom. The quantitative estimate of drug-likeness (QED) is 0.762. The number of ether oxygens (including phenoxy) is 1. The largest absolute Gasteiger partial charge is 0.374 e. The minimum atomic E-state index is 0.00640. The lowest BCUT2D eigenvalue weighted by atomic mass is 10.1. The van der Waals surface area contributed by atoms with Crippen LogP contribution in [0.2, 0.25) is 5.02 Å². The molecule has 1 aromatic carbocycles. The van der Waals surface area contributed by atoms with E-state index in [1.54, 1.807) is 0 Å². The van der Waals surface area contributed by atoms with Gasteiger partial charge in [-0.2, -0.15) is 5.26 Å². The molecule has 1 atom stereocenters. The molecule has 0 aliphatic carbocycles. The Hall–Kier alpha value is -1.04. The van der Waals surface area contributed by atoms with Gasteiger partial charge in [-0.3, -0.25) is 0 Å². The predicted octanol–water partition coefficient (Wildman–Crippen LogP) is 3.72. The van der Waals surface area contributed by atoms with Gasteiger partial charge < -0.3 is 4.74 Å². The summed E-state index contributed by atoms with van der Waals surface area (Å²) in [5.74, 6) is 0. The normalized spacial score (nSPS) is 12.1. The summed E-state index contributed by atoms with van der Waals surface area (Å²) in [4.78, 5) is 0. The fourth-order valence-corrected chi connectivity index (χ4v) is 1.55. The van der Waals surface area contributed by atoms with Gasteiger partial charge in [0, 0.05) is 18.1 Å². The van der Waals surface area contributed by atoms with Crippen molar-refractivity contribution in [3.8, 4) is 6.07 Å². The molecule has 0 aromatic heterocycles. The molecule has 0 unspecified atom stereocenters. The van der Waals surface area contributed by atoms with Crippen molar-refractivity contribution in [1.82, 2.24) is 0 Å². The third-order valence-electron chi connectivity index (χ3n) is 2.13. The molecule has 0 saturated carbocycles. The number of hydrogen-bond acceptors (Lipinski definition) is 2. The molecule has 0 saturated heterocycles. The van der Waals surface area contributed by atoms with Crippen molar-refractivity contribution in [1.29, 1.82) is 5.26 Å². The molecular formula is C12H14ClNO. The zero-order chi connectivity index (χ0) is 11.1. The number of halogens is 1. The van der Waals surface area contributed by atoms with Crippen LogP contribution in [-0.4, -0.2) is 6.61 Å². The first-order valence-corrected chi connectivity index (χ1v) is 5.39. The van der Waals surface area contributed by atoms with Gasteiger partial charge in [0.05, 0.1) is 12.2 Å². The molecule has 0 radical (unpaired) electrons. The molecule has 0 spiro atoms. The predicted molar refractivity (Wildman–Crippen MR) is 60.7 cm³/mol. The van der Waals surface area contributed by atoms with Crippen LogP contribution in [0.4, 0.5) is 0 Å². The average Bonchev–Trinajstić information content (AvgIpc) is 2.25. The topological polar surface area (TPSA) is 33.0 Å². The number of nitrogens with zero attached hydrogens (tertiary/aromatic N) is 1. The van der Waals surface area contributed by atoms with Gasteiger partial charge in [0.2, 0.25) is 0 Å². The number of hydrogen-bond donors (Lipinski definition) is 0. The first-order valence-electron chi connectivity index (χ1n) is 5.02. The maximum Gasteiger partial charge on any atom is 0.0834 e. The minimum Gasteiger partial charge on any atom is -0.374 e.